The monoisotopic (exact) mass is 643 g/mol. The van der Waals surface area contributed by atoms with Crippen molar-refractivity contribution in [1.29, 1.82) is 0 Å². The summed E-state index contributed by atoms with van der Waals surface area (Å²) in [5, 5.41) is 14.8. The van der Waals surface area contributed by atoms with Crippen molar-refractivity contribution >= 4 is 34.7 Å². The number of nitrogens with zero attached hydrogens (tertiary/aromatic N) is 3. The molecule has 0 aliphatic carbocycles. The van der Waals surface area contributed by atoms with Gasteiger partial charge in [-0.3, -0.25) is 9.69 Å². The lowest BCUT2D eigenvalue weighted by Gasteiger charge is -2.26. The highest BCUT2D eigenvalue weighted by Gasteiger charge is 2.35. The van der Waals surface area contributed by atoms with E-state index in [1.54, 1.807) is 30.3 Å². The standard InChI is InChI=1S/C28H24ClF6N5O2S/c1-39-22(12-26(38-39)27(30,31)32)19-8-5-16(17-9-21(29)20(14-41)25(11-17)43-2)10-23(19)40(37)24(13-36)15-3-6-18(7-4-15)42-28(33,34)35/h3-13,41H,14,36-37H2,1-2H3/b24-13-. The van der Waals surface area contributed by atoms with Gasteiger partial charge in [0.05, 0.1) is 23.7 Å². The number of halogens is 7. The summed E-state index contributed by atoms with van der Waals surface area (Å²) in [5.74, 6) is 6.07. The van der Waals surface area contributed by atoms with Gasteiger partial charge in [-0.2, -0.15) is 18.3 Å². The SMILES string of the molecule is CSc1cc(-c2ccc(-c3cc(C(F)(F)F)nn3C)c(N(N)/C(=C\N)c3ccc(OC(F)(F)F)cc3)c2)cc(Cl)c1CO. The lowest BCUT2D eigenvalue weighted by Crippen LogP contribution is -2.30. The minimum absolute atomic E-state index is 0.0769. The number of hydrazine groups is 1. The van der Waals surface area contributed by atoms with Gasteiger partial charge in [-0.1, -0.05) is 23.7 Å². The topological polar surface area (TPSA) is 103 Å². The molecular formula is C28H24ClF6N5O2S. The Hall–Kier alpha value is -3.85. The van der Waals surface area contributed by atoms with E-state index in [9.17, 15) is 31.4 Å². The van der Waals surface area contributed by atoms with Gasteiger partial charge >= 0.3 is 12.5 Å². The Morgan fingerprint density at radius 3 is 2.26 bits per heavy atom. The molecule has 1 aromatic heterocycles. The summed E-state index contributed by atoms with van der Waals surface area (Å²) < 4.78 is 83.4. The lowest BCUT2D eigenvalue weighted by atomic mass is 9.98. The Bertz CT molecular complexity index is 1660. The van der Waals surface area contributed by atoms with Crippen LogP contribution >= 0.6 is 23.4 Å². The first-order chi connectivity index (χ1) is 20.2. The molecule has 0 saturated carbocycles. The largest absolute Gasteiger partial charge is 0.573 e. The van der Waals surface area contributed by atoms with E-state index < -0.39 is 24.0 Å². The van der Waals surface area contributed by atoms with Gasteiger partial charge < -0.3 is 15.6 Å². The van der Waals surface area contributed by atoms with Crippen molar-refractivity contribution in [1.82, 2.24) is 9.78 Å². The molecule has 4 rings (SSSR count). The third-order valence-electron chi connectivity index (χ3n) is 6.37. The number of aliphatic hydroxyl groups excluding tert-OH is 1. The van der Waals surface area contributed by atoms with Crippen LogP contribution < -0.4 is 21.3 Å². The molecule has 4 aromatic rings. The Morgan fingerprint density at radius 1 is 1.05 bits per heavy atom. The number of benzene rings is 3. The molecule has 0 fully saturated rings. The lowest BCUT2D eigenvalue weighted by molar-refractivity contribution is -0.274. The van der Waals surface area contributed by atoms with Gasteiger partial charge in [0, 0.05) is 39.9 Å². The van der Waals surface area contributed by atoms with Crippen LogP contribution in [0.25, 0.3) is 28.1 Å². The fourth-order valence-electron chi connectivity index (χ4n) is 4.37. The fraction of sp³-hybridized carbons (Fsp3) is 0.179. The summed E-state index contributed by atoms with van der Waals surface area (Å²) in [4.78, 5) is 0.713. The first kappa shape index (κ1) is 32.1. The highest BCUT2D eigenvalue weighted by Crippen LogP contribution is 2.41. The molecule has 15 heteroatoms. The highest BCUT2D eigenvalue weighted by atomic mass is 35.5. The van der Waals surface area contributed by atoms with Crippen LogP contribution in [0.5, 0.6) is 5.75 Å². The van der Waals surface area contributed by atoms with E-state index in [0.29, 0.717) is 26.6 Å². The van der Waals surface area contributed by atoms with Crippen LogP contribution in [0, 0.1) is 0 Å². The summed E-state index contributed by atoms with van der Waals surface area (Å²) in [5.41, 5.74) is 7.43. The van der Waals surface area contributed by atoms with E-state index in [1.165, 1.54) is 30.9 Å². The molecule has 5 N–H and O–H groups in total. The maximum Gasteiger partial charge on any atom is 0.573 e. The zero-order valence-electron chi connectivity index (χ0n) is 22.5. The summed E-state index contributed by atoms with van der Waals surface area (Å²) in [7, 11) is 1.35. The second-order valence-electron chi connectivity index (χ2n) is 9.06. The van der Waals surface area contributed by atoms with Gasteiger partial charge in [0.2, 0.25) is 0 Å². The van der Waals surface area contributed by atoms with Crippen LogP contribution in [0.15, 0.2) is 71.8 Å². The van der Waals surface area contributed by atoms with E-state index in [2.05, 4.69) is 9.84 Å². The highest BCUT2D eigenvalue weighted by molar-refractivity contribution is 7.98. The van der Waals surface area contributed by atoms with Crippen molar-refractivity contribution in [2.75, 3.05) is 11.3 Å². The van der Waals surface area contributed by atoms with Gasteiger partial charge in [0.15, 0.2) is 5.69 Å². The molecule has 0 radical (unpaired) electrons. The predicted octanol–water partition coefficient (Wildman–Crippen LogP) is 7.18. The number of anilines is 1. The molecule has 0 aliphatic rings. The average molecular weight is 644 g/mol. The molecule has 0 saturated heterocycles. The molecule has 0 atom stereocenters. The Morgan fingerprint density at radius 2 is 1.72 bits per heavy atom. The number of hydrogen-bond donors (Lipinski definition) is 3. The molecule has 7 nitrogen and oxygen atoms in total. The number of hydrogen-bond acceptors (Lipinski definition) is 7. The minimum atomic E-state index is -4.89. The first-order valence-corrected chi connectivity index (χ1v) is 13.8. The van der Waals surface area contributed by atoms with E-state index >= 15 is 0 Å². The number of aromatic nitrogens is 2. The molecule has 1 heterocycles. The molecule has 0 spiro atoms. The van der Waals surface area contributed by atoms with Crippen molar-refractivity contribution in [3.8, 4) is 28.1 Å². The summed E-state index contributed by atoms with van der Waals surface area (Å²) in [6.07, 6.45) is -6.68. The van der Waals surface area contributed by atoms with Gasteiger partial charge in [0.1, 0.15) is 5.75 Å². The molecule has 228 valence electrons. The number of nitrogens with two attached hydrogens (primary N) is 2. The molecule has 0 amide bonds. The van der Waals surface area contributed by atoms with Gasteiger partial charge in [-0.15, -0.1) is 24.9 Å². The van der Waals surface area contributed by atoms with Crippen LogP contribution in [-0.2, 0) is 19.8 Å². The molecule has 0 unspecified atom stereocenters. The number of alkyl halides is 6. The van der Waals surface area contributed by atoms with E-state index in [-0.39, 0.29) is 34.8 Å². The smallest absolute Gasteiger partial charge is 0.406 e. The van der Waals surface area contributed by atoms with E-state index in [4.69, 9.17) is 23.2 Å². The second-order valence-corrected chi connectivity index (χ2v) is 10.3. The van der Waals surface area contributed by atoms with Gasteiger partial charge in [-0.25, -0.2) is 5.84 Å². The zero-order valence-corrected chi connectivity index (χ0v) is 24.0. The Labute approximate surface area is 251 Å². The van der Waals surface area contributed by atoms with Crippen molar-refractivity contribution in [3.05, 3.63) is 88.7 Å². The normalized spacial score (nSPS) is 12.5. The minimum Gasteiger partial charge on any atom is -0.406 e. The summed E-state index contributed by atoms with van der Waals surface area (Å²) in [6, 6.07) is 13.9. The van der Waals surface area contributed by atoms with Crippen molar-refractivity contribution in [2.45, 2.75) is 24.0 Å². The molecule has 0 bridgehead atoms. The number of aliphatic hydroxyl groups is 1. The average Bonchev–Trinajstić information content (AvgIpc) is 3.34. The number of aryl methyl sites for hydroxylation is 1. The summed E-state index contributed by atoms with van der Waals surface area (Å²) in [6.45, 7) is -0.282. The maximum absolute atomic E-state index is 13.5. The predicted molar refractivity (Wildman–Crippen MR) is 154 cm³/mol. The fourth-order valence-corrected chi connectivity index (χ4v) is 5.37. The first-order valence-electron chi connectivity index (χ1n) is 12.2. The third kappa shape index (κ3) is 7.04. The zero-order chi connectivity index (χ0) is 31.7. The van der Waals surface area contributed by atoms with Crippen LogP contribution in [-0.4, -0.2) is 27.5 Å². The Kier molecular flexibility index (Phi) is 9.25. The summed E-state index contributed by atoms with van der Waals surface area (Å²) >= 11 is 7.80. The Balaban J connectivity index is 1.88. The maximum atomic E-state index is 13.5. The second kappa shape index (κ2) is 12.4. The molecular weight excluding hydrogens is 620 g/mol. The van der Waals surface area contributed by atoms with Gasteiger partial charge in [0.25, 0.3) is 0 Å². The van der Waals surface area contributed by atoms with Crippen LogP contribution in [0.4, 0.5) is 32.0 Å². The number of ether oxygens (including phenoxy) is 1. The molecule has 3 aromatic carbocycles. The van der Waals surface area contributed by atoms with Crippen molar-refractivity contribution in [3.63, 3.8) is 0 Å². The van der Waals surface area contributed by atoms with Gasteiger partial charge in [-0.05, 0) is 65.9 Å². The molecule has 0 aliphatic heterocycles. The third-order valence-corrected chi connectivity index (χ3v) is 7.51. The van der Waals surface area contributed by atoms with Crippen molar-refractivity contribution in [2.24, 2.45) is 18.6 Å². The van der Waals surface area contributed by atoms with E-state index in [0.717, 1.165) is 34.1 Å². The number of thioether (sulfide) groups is 1. The van der Waals surface area contributed by atoms with Crippen molar-refractivity contribution < 1.29 is 36.2 Å². The van der Waals surface area contributed by atoms with Crippen LogP contribution in [0.2, 0.25) is 5.02 Å². The van der Waals surface area contributed by atoms with Crippen LogP contribution in [0.3, 0.4) is 0 Å². The van der Waals surface area contributed by atoms with Crippen LogP contribution in [0.1, 0.15) is 16.8 Å². The van der Waals surface area contributed by atoms with E-state index in [1.807, 2.05) is 6.26 Å². The quantitative estimate of drug-likeness (QED) is 0.0809. The molecule has 43 heavy (non-hydrogen) atoms. The number of rotatable bonds is 8.